The number of methoxy groups -OCH3 is 2. The highest BCUT2D eigenvalue weighted by Gasteiger charge is 2.26. The Morgan fingerprint density at radius 3 is 2.25 bits per heavy atom. The zero-order chi connectivity index (χ0) is 23.5. The van der Waals surface area contributed by atoms with E-state index in [1.807, 2.05) is 31.2 Å². The lowest BCUT2D eigenvalue weighted by Gasteiger charge is -2.29. The molecule has 2 aromatic carbocycles. The van der Waals surface area contributed by atoms with Crippen LogP contribution in [0.4, 0.5) is 0 Å². The first kappa shape index (κ1) is 25.0. The van der Waals surface area contributed by atoms with E-state index >= 15 is 0 Å². The van der Waals surface area contributed by atoms with Crippen LogP contribution in [0.25, 0.3) is 0 Å². The van der Waals surface area contributed by atoms with Crippen LogP contribution in [0.3, 0.4) is 0 Å². The SMILES string of the molecule is CCCCNC(=O)[C@H](C)N(Cc1ccccc1C)C(=O)COc1cc(OC)cc(OC)c1. The van der Waals surface area contributed by atoms with Crippen LogP contribution in [0.1, 0.15) is 37.8 Å². The molecule has 0 spiro atoms. The first-order valence-electron chi connectivity index (χ1n) is 10.9. The smallest absolute Gasteiger partial charge is 0.261 e. The summed E-state index contributed by atoms with van der Waals surface area (Å²) in [5.41, 5.74) is 2.04. The summed E-state index contributed by atoms with van der Waals surface area (Å²) in [7, 11) is 3.10. The molecule has 32 heavy (non-hydrogen) atoms. The molecule has 0 heterocycles. The molecule has 0 aliphatic carbocycles. The summed E-state index contributed by atoms with van der Waals surface area (Å²) in [6.07, 6.45) is 1.88. The first-order valence-corrected chi connectivity index (χ1v) is 10.9. The first-order chi connectivity index (χ1) is 15.4. The zero-order valence-electron chi connectivity index (χ0n) is 19.6. The van der Waals surface area contributed by atoms with Crippen LogP contribution in [0, 0.1) is 6.92 Å². The Hall–Kier alpha value is -3.22. The number of nitrogens with zero attached hydrogens (tertiary/aromatic N) is 1. The van der Waals surface area contributed by atoms with E-state index in [9.17, 15) is 9.59 Å². The van der Waals surface area contributed by atoms with Gasteiger partial charge in [0.15, 0.2) is 6.61 Å². The van der Waals surface area contributed by atoms with Gasteiger partial charge in [-0.3, -0.25) is 9.59 Å². The molecule has 2 aromatic rings. The van der Waals surface area contributed by atoms with Gasteiger partial charge in [0.25, 0.3) is 5.91 Å². The molecule has 0 aromatic heterocycles. The number of rotatable bonds is 12. The van der Waals surface area contributed by atoms with Gasteiger partial charge in [0.2, 0.25) is 5.91 Å². The van der Waals surface area contributed by atoms with Crippen LogP contribution in [-0.4, -0.2) is 50.1 Å². The number of carbonyl (C=O) groups is 2. The predicted octanol–water partition coefficient (Wildman–Crippen LogP) is 3.72. The lowest BCUT2D eigenvalue weighted by Crippen LogP contribution is -2.49. The summed E-state index contributed by atoms with van der Waals surface area (Å²) in [4.78, 5) is 27.4. The molecule has 174 valence electrons. The molecular formula is C25H34N2O5. The van der Waals surface area contributed by atoms with Gasteiger partial charge >= 0.3 is 0 Å². The standard InChI is InChI=1S/C25H34N2O5/c1-6-7-12-26-25(29)19(3)27(16-20-11-9-8-10-18(20)2)24(28)17-32-23-14-21(30-4)13-22(15-23)31-5/h8-11,13-15,19H,6-7,12,16-17H2,1-5H3,(H,26,29)/t19-/m0/s1. The van der Waals surface area contributed by atoms with Gasteiger partial charge in [-0.1, -0.05) is 37.6 Å². The van der Waals surface area contributed by atoms with Crippen molar-refractivity contribution in [3.63, 3.8) is 0 Å². The second-order valence-corrected chi connectivity index (χ2v) is 7.61. The maximum absolute atomic E-state index is 13.2. The highest BCUT2D eigenvalue weighted by atomic mass is 16.5. The Balaban J connectivity index is 2.17. The van der Waals surface area contributed by atoms with E-state index in [1.165, 1.54) is 0 Å². The van der Waals surface area contributed by atoms with Crippen molar-refractivity contribution in [3.8, 4) is 17.2 Å². The number of ether oxygens (including phenoxy) is 3. The number of unbranched alkanes of at least 4 members (excludes halogenated alkanes) is 1. The van der Waals surface area contributed by atoms with Gasteiger partial charge < -0.3 is 24.4 Å². The molecule has 0 radical (unpaired) electrons. The minimum atomic E-state index is -0.637. The number of benzene rings is 2. The Labute approximate surface area is 190 Å². The number of hydrogen-bond acceptors (Lipinski definition) is 5. The molecule has 0 saturated heterocycles. The molecule has 1 N–H and O–H groups in total. The van der Waals surface area contributed by atoms with Gasteiger partial charge in [0.05, 0.1) is 14.2 Å². The third kappa shape index (κ3) is 7.18. The van der Waals surface area contributed by atoms with Crippen molar-refractivity contribution in [1.82, 2.24) is 10.2 Å². The van der Waals surface area contributed by atoms with E-state index < -0.39 is 6.04 Å². The van der Waals surface area contributed by atoms with E-state index in [1.54, 1.807) is 44.2 Å². The van der Waals surface area contributed by atoms with Crippen LogP contribution < -0.4 is 19.5 Å². The second-order valence-electron chi connectivity index (χ2n) is 7.61. The average Bonchev–Trinajstić information content (AvgIpc) is 2.81. The average molecular weight is 443 g/mol. The van der Waals surface area contributed by atoms with Crippen molar-refractivity contribution in [2.24, 2.45) is 0 Å². The molecule has 2 rings (SSSR count). The number of nitrogens with one attached hydrogen (secondary N) is 1. The fraction of sp³-hybridized carbons (Fsp3) is 0.440. The van der Waals surface area contributed by atoms with E-state index in [0.29, 0.717) is 30.3 Å². The monoisotopic (exact) mass is 442 g/mol. The Morgan fingerprint density at radius 1 is 1.03 bits per heavy atom. The van der Waals surface area contributed by atoms with Gasteiger partial charge in [0.1, 0.15) is 23.3 Å². The molecule has 0 saturated carbocycles. The summed E-state index contributed by atoms with van der Waals surface area (Å²) in [5, 5.41) is 2.92. The van der Waals surface area contributed by atoms with E-state index in [0.717, 1.165) is 24.0 Å². The van der Waals surface area contributed by atoms with Gasteiger partial charge in [0, 0.05) is 31.3 Å². The molecule has 2 amide bonds. The second kappa shape index (κ2) is 12.6. The normalized spacial score (nSPS) is 11.4. The summed E-state index contributed by atoms with van der Waals surface area (Å²) in [6, 6.07) is 12.3. The molecular weight excluding hydrogens is 408 g/mol. The van der Waals surface area contributed by atoms with Crippen molar-refractivity contribution in [3.05, 3.63) is 53.6 Å². The molecule has 7 nitrogen and oxygen atoms in total. The number of carbonyl (C=O) groups excluding carboxylic acids is 2. The van der Waals surface area contributed by atoms with Crippen molar-refractivity contribution < 1.29 is 23.8 Å². The number of amides is 2. The molecule has 0 fully saturated rings. The lowest BCUT2D eigenvalue weighted by atomic mass is 10.1. The van der Waals surface area contributed by atoms with E-state index in [-0.39, 0.29) is 18.4 Å². The van der Waals surface area contributed by atoms with Crippen molar-refractivity contribution in [2.45, 2.75) is 46.2 Å². The summed E-state index contributed by atoms with van der Waals surface area (Å²) < 4.78 is 16.3. The molecule has 0 aliphatic heterocycles. The molecule has 1 atom stereocenters. The zero-order valence-corrected chi connectivity index (χ0v) is 19.6. The van der Waals surface area contributed by atoms with Crippen LogP contribution in [0.5, 0.6) is 17.2 Å². The minimum absolute atomic E-state index is 0.177. The van der Waals surface area contributed by atoms with Crippen LogP contribution in [-0.2, 0) is 16.1 Å². The van der Waals surface area contributed by atoms with Gasteiger partial charge in [-0.05, 0) is 31.4 Å². The van der Waals surface area contributed by atoms with Crippen molar-refractivity contribution in [2.75, 3.05) is 27.4 Å². The summed E-state index contributed by atoms with van der Waals surface area (Å²) >= 11 is 0. The predicted molar refractivity (Wildman–Crippen MR) is 124 cm³/mol. The molecule has 0 unspecified atom stereocenters. The van der Waals surface area contributed by atoms with Gasteiger partial charge in [-0.25, -0.2) is 0 Å². The summed E-state index contributed by atoms with van der Waals surface area (Å²) in [6.45, 7) is 6.49. The lowest BCUT2D eigenvalue weighted by molar-refractivity contribution is -0.142. The number of aryl methyl sites for hydroxylation is 1. The van der Waals surface area contributed by atoms with Crippen LogP contribution >= 0.6 is 0 Å². The number of hydrogen-bond donors (Lipinski definition) is 1. The van der Waals surface area contributed by atoms with Crippen molar-refractivity contribution in [1.29, 1.82) is 0 Å². The Morgan fingerprint density at radius 2 is 1.66 bits per heavy atom. The van der Waals surface area contributed by atoms with E-state index in [4.69, 9.17) is 14.2 Å². The summed E-state index contributed by atoms with van der Waals surface area (Å²) in [5.74, 6) is 1.11. The third-order valence-electron chi connectivity index (χ3n) is 5.29. The minimum Gasteiger partial charge on any atom is -0.496 e. The van der Waals surface area contributed by atoms with E-state index in [2.05, 4.69) is 12.2 Å². The quantitative estimate of drug-likeness (QED) is 0.507. The van der Waals surface area contributed by atoms with Gasteiger partial charge in [-0.15, -0.1) is 0 Å². The largest absolute Gasteiger partial charge is 0.496 e. The highest BCUT2D eigenvalue weighted by molar-refractivity contribution is 5.88. The van der Waals surface area contributed by atoms with Crippen LogP contribution in [0.2, 0.25) is 0 Å². The van der Waals surface area contributed by atoms with Crippen molar-refractivity contribution >= 4 is 11.8 Å². The van der Waals surface area contributed by atoms with Crippen LogP contribution in [0.15, 0.2) is 42.5 Å². The fourth-order valence-electron chi connectivity index (χ4n) is 3.18. The Bertz CT molecular complexity index is 877. The molecule has 0 aliphatic rings. The third-order valence-corrected chi connectivity index (χ3v) is 5.29. The Kier molecular flexibility index (Phi) is 9.85. The maximum atomic E-state index is 13.2. The van der Waals surface area contributed by atoms with Gasteiger partial charge in [-0.2, -0.15) is 0 Å². The highest BCUT2D eigenvalue weighted by Crippen LogP contribution is 2.27. The topological polar surface area (TPSA) is 77.1 Å². The maximum Gasteiger partial charge on any atom is 0.261 e. The molecule has 0 bridgehead atoms. The fourth-order valence-corrected chi connectivity index (χ4v) is 3.18. The molecule has 7 heteroatoms.